The van der Waals surface area contributed by atoms with Gasteiger partial charge in [-0.2, -0.15) is 0 Å². The molecular weight excluding hydrogens is 472 g/mol. The molecule has 0 bridgehead atoms. The second-order valence-electron chi connectivity index (χ2n) is 7.48. The predicted octanol–water partition coefficient (Wildman–Crippen LogP) is 3.75. The average molecular weight is 488 g/mol. The third-order valence-corrected chi connectivity index (χ3v) is 5.16. The van der Waals surface area contributed by atoms with E-state index < -0.39 is 27.7 Å². The van der Waals surface area contributed by atoms with Crippen LogP contribution in [0.1, 0.15) is 11.1 Å². The number of hydrogen-bond donors (Lipinski definition) is 1. The fourth-order valence-electron chi connectivity index (χ4n) is 3.40. The summed E-state index contributed by atoms with van der Waals surface area (Å²) < 4.78 is 5.80. The molecule has 1 aliphatic rings. The SMILES string of the molecule is O=C1NC(=O)N(c2cccc([N+](=O)[O-])c2)C(=O)/C1=C/c1ccccc1OCc1ccc([N+](=O)[O-])cc1. The van der Waals surface area contributed by atoms with Gasteiger partial charge in [-0.3, -0.25) is 35.1 Å². The molecule has 3 aromatic carbocycles. The Morgan fingerprint density at radius 3 is 2.25 bits per heavy atom. The molecule has 0 unspecified atom stereocenters. The van der Waals surface area contributed by atoms with Gasteiger partial charge in [0.15, 0.2) is 0 Å². The fraction of sp³-hybridized carbons (Fsp3) is 0.0417. The van der Waals surface area contributed by atoms with Crippen LogP contribution in [0.3, 0.4) is 0 Å². The Morgan fingerprint density at radius 2 is 1.56 bits per heavy atom. The maximum absolute atomic E-state index is 13.1. The molecule has 4 amide bonds. The highest BCUT2D eigenvalue weighted by Crippen LogP contribution is 2.28. The van der Waals surface area contributed by atoms with Crippen molar-refractivity contribution in [3.8, 4) is 5.75 Å². The van der Waals surface area contributed by atoms with E-state index in [4.69, 9.17) is 4.74 Å². The number of nitro benzene ring substituents is 2. The van der Waals surface area contributed by atoms with E-state index in [1.54, 1.807) is 36.4 Å². The minimum Gasteiger partial charge on any atom is -0.488 e. The van der Waals surface area contributed by atoms with Crippen molar-refractivity contribution < 1.29 is 29.0 Å². The molecule has 1 fully saturated rings. The Balaban J connectivity index is 1.61. The van der Waals surface area contributed by atoms with E-state index in [9.17, 15) is 34.6 Å². The second kappa shape index (κ2) is 9.85. The van der Waals surface area contributed by atoms with Crippen molar-refractivity contribution in [2.75, 3.05) is 4.90 Å². The van der Waals surface area contributed by atoms with Gasteiger partial charge < -0.3 is 4.74 Å². The molecule has 0 aromatic heterocycles. The van der Waals surface area contributed by atoms with Gasteiger partial charge in [0, 0.05) is 29.8 Å². The molecule has 180 valence electrons. The molecule has 0 atom stereocenters. The van der Waals surface area contributed by atoms with Crippen LogP contribution in [0, 0.1) is 20.2 Å². The Morgan fingerprint density at radius 1 is 0.861 bits per heavy atom. The van der Waals surface area contributed by atoms with Gasteiger partial charge in [-0.15, -0.1) is 0 Å². The zero-order chi connectivity index (χ0) is 25.8. The third kappa shape index (κ3) is 4.92. The highest BCUT2D eigenvalue weighted by Gasteiger charge is 2.37. The zero-order valence-electron chi connectivity index (χ0n) is 18.3. The zero-order valence-corrected chi connectivity index (χ0v) is 18.3. The first-order valence-corrected chi connectivity index (χ1v) is 10.4. The minimum absolute atomic E-state index is 0.0522. The first-order valence-electron chi connectivity index (χ1n) is 10.4. The van der Waals surface area contributed by atoms with Gasteiger partial charge in [0.2, 0.25) is 0 Å². The monoisotopic (exact) mass is 488 g/mol. The number of urea groups is 1. The number of ether oxygens (including phenoxy) is 1. The molecule has 1 heterocycles. The van der Waals surface area contributed by atoms with Crippen molar-refractivity contribution in [3.05, 3.63) is 110 Å². The van der Waals surface area contributed by atoms with Gasteiger partial charge >= 0.3 is 6.03 Å². The van der Waals surface area contributed by atoms with Crippen molar-refractivity contribution >= 4 is 41.0 Å². The molecule has 1 aliphatic heterocycles. The number of barbiturate groups is 1. The topological polar surface area (TPSA) is 162 Å². The molecule has 0 spiro atoms. The van der Waals surface area contributed by atoms with Crippen molar-refractivity contribution in [3.63, 3.8) is 0 Å². The molecule has 12 heteroatoms. The lowest BCUT2D eigenvalue weighted by atomic mass is 10.1. The summed E-state index contributed by atoms with van der Waals surface area (Å²) in [6.45, 7) is 0.0522. The highest BCUT2D eigenvalue weighted by molar-refractivity contribution is 6.39. The van der Waals surface area contributed by atoms with Crippen LogP contribution in [0.25, 0.3) is 6.08 Å². The molecule has 12 nitrogen and oxygen atoms in total. The minimum atomic E-state index is -1.04. The van der Waals surface area contributed by atoms with Gasteiger partial charge in [0.25, 0.3) is 23.2 Å². The third-order valence-electron chi connectivity index (χ3n) is 5.16. The number of carbonyl (C=O) groups is 3. The van der Waals surface area contributed by atoms with E-state index in [1.165, 1.54) is 36.4 Å². The number of non-ortho nitro benzene ring substituents is 2. The highest BCUT2D eigenvalue weighted by atomic mass is 16.6. The van der Waals surface area contributed by atoms with Crippen LogP contribution in [-0.2, 0) is 16.2 Å². The molecule has 0 saturated carbocycles. The second-order valence-corrected chi connectivity index (χ2v) is 7.48. The summed E-state index contributed by atoms with van der Waals surface area (Å²) in [4.78, 5) is 59.4. The van der Waals surface area contributed by atoms with Crippen molar-refractivity contribution in [1.29, 1.82) is 0 Å². The normalized spacial score (nSPS) is 14.5. The summed E-state index contributed by atoms with van der Waals surface area (Å²) in [6.07, 6.45) is 1.25. The van der Waals surface area contributed by atoms with Crippen molar-refractivity contribution in [2.45, 2.75) is 6.61 Å². The van der Waals surface area contributed by atoms with Crippen LogP contribution in [0.5, 0.6) is 5.75 Å². The maximum atomic E-state index is 13.1. The maximum Gasteiger partial charge on any atom is 0.335 e. The largest absolute Gasteiger partial charge is 0.488 e. The number of nitro groups is 2. The van der Waals surface area contributed by atoms with E-state index >= 15 is 0 Å². The Bertz CT molecular complexity index is 1430. The summed E-state index contributed by atoms with van der Waals surface area (Å²) in [6, 6.07) is 16.2. The van der Waals surface area contributed by atoms with Gasteiger partial charge in [-0.1, -0.05) is 24.3 Å². The van der Waals surface area contributed by atoms with Crippen LogP contribution in [0.4, 0.5) is 21.9 Å². The number of amides is 4. The number of rotatable bonds is 7. The lowest BCUT2D eigenvalue weighted by molar-refractivity contribution is -0.385. The van der Waals surface area contributed by atoms with E-state index in [0.29, 0.717) is 21.8 Å². The van der Waals surface area contributed by atoms with Crippen molar-refractivity contribution in [2.24, 2.45) is 0 Å². The van der Waals surface area contributed by atoms with Crippen LogP contribution < -0.4 is 15.0 Å². The number of nitrogens with one attached hydrogen (secondary N) is 1. The van der Waals surface area contributed by atoms with E-state index in [0.717, 1.165) is 6.07 Å². The summed E-state index contributed by atoms with van der Waals surface area (Å²) in [5, 5.41) is 24.0. The van der Waals surface area contributed by atoms with Crippen LogP contribution >= 0.6 is 0 Å². The number of carbonyl (C=O) groups excluding carboxylic acids is 3. The molecular formula is C24H16N4O8. The van der Waals surface area contributed by atoms with Gasteiger partial charge in [-0.05, 0) is 35.9 Å². The van der Waals surface area contributed by atoms with E-state index in [2.05, 4.69) is 5.32 Å². The molecule has 0 radical (unpaired) electrons. The van der Waals surface area contributed by atoms with Crippen LogP contribution in [-0.4, -0.2) is 27.7 Å². The Labute approximate surface area is 202 Å². The molecule has 36 heavy (non-hydrogen) atoms. The molecule has 0 aliphatic carbocycles. The fourth-order valence-corrected chi connectivity index (χ4v) is 3.40. The predicted molar refractivity (Wildman–Crippen MR) is 126 cm³/mol. The molecule has 4 rings (SSSR count). The number of anilines is 1. The first-order chi connectivity index (χ1) is 17.2. The number of para-hydroxylation sites is 1. The van der Waals surface area contributed by atoms with Crippen LogP contribution in [0.2, 0.25) is 0 Å². The van der Waals surface area contributed by atoms with Gasteiger partial charge in [0.1, 0.15) is 17.9 Å². The Hall–Kier alpha value is -5.39. The molecule has 1 N–H and O–H groups in total. The quantitative estimate of drug-likeness (QED) is 0.227. The summed E-state index contributed by atoms with van der Waals surface area (Å²) >= 11 is 0. The Kier molecular flexibility index (Phi) is 6.50. The number of nitrogens with zero attached hydrogens (tertiary/aromatic N) is 3. The lowest BCUT2D eigenvalue weighted by Gasteiger charge is -2.26. The molecule has 3 aromatic rings. The smallest absolute Gasteiger partial charge is 0.335 e. The lowest BCUT2D eigenvalue weighted by Crippen LogP contribution is -2.54. The summed E-state index contributed by atoms with van der Waals surface area (Å²) in [5.41, 5.74) is 0.151. The van der Waals surface area contributed by atoms with Gasteiger partial charge in [-0.25, -0.2) is 9.69 Å². The van der Waals surface area contributed by atoms with E-state index in [-0.39, 0.29) is 29.2 Å². The summed E-state index contributed by atoms with van der Waals surface area (Å²) in [7, 11) is 0. The standard InChI is InChI=1S/C24H16N4O8/c29-22-20(23(30)26(24(31)25-22)18-5-3-6-19(13-18)28(34)35)12-16-4-1-2-7-21(16)36-14-15-8-10-17(11-9-15)27(32)33/h1-13H,14H2,(H,25,29,31)/b20-12+. The number of benzene rings is 3. The first kappa shape index (κ1) is 23.8. The number of imide groups is 2. The summed E-state index contributed by atoms with van der Waals surface area (Å²) in [5.74, 6) is -1.59. The number of hydrogen-bond acceptors (Lipinski definition) is 8. The average Bonchev–Trinajstić information content (AvgIpc) is 2.86. The van der Waals surface area contributed by atoms with Gasteiger partial charge in [0.05, 0.1) is 15.5 Å². The van der Waals surface area contributed by atoms with Crippen molar-refractivity contribution in [1.82, 2.24) is 5.32 Å². The van der Waals surface area contributed by atoms with Crippen LogP contribution in [0.15, 0.2) is 78.4 Å². The molecule has 1 saturated heterocycles. The van der Waals surface area contributed by atoms with E-state index in [1.807, 2.05) is 0 Å².